The molecule has 0 aromatic heterocycles. The number of rotatable bonds is 3. The molecule has 1 aliphatic rings. The topological polar surface area (TPSA) is 72.5 Å². The van der Waals surface area contributed by atoms with Gasteiger partial charge in [0, 0.05) is 0 Å². The maximum atomic E-state index is 11.1. The van der Waals surface area contributed by atoms with E-state index in [-0.39, 0.29) is 5.92 Å². The quantitative estimate of drug-likeness (QED) is 0.837. The summed E-state index contributed by atoms with van der Waals surface area (Å²) in [6, 6.07) is 7.76. The lowest BCUT2D eigenvalue weighted by Crippen LogP contribution is -2.45. The van der Waals surface area contributed by atoms with Crippen LogP contribution in [0.25, 0.3) is 0 Å². The van der Waals surface area contributed by atoms with Gasteiger partial charge in [0.25, 0.3) is 0 Å². The average molecular weight is 235 g/mol. The maximum Gasteiger partial charge on any atom is 0.323 e. The van der Waals surface area contributed by atoms with Crippen LogP contribution >= 0.6 is 0 Å². The molecule has 4 nitrogen and oxygen atoms in total. The van der Waals surface area contributed by atoms with Gasteiger partial charge in [0.15, 0.2) is 0 Å². The minimum absolute atomic E-state index is 0.238. The van der Waals surface area contributed by atoms with E-state index < -0.39 is 11.5 Å². The normalized spacial score (nSPS) is 28.0. The number of ether oxygens (including phenoxy) is 1. The molecular weight excluding hydrogens is 218 g/mol. The highest BCUT2D eigenvalue weighted by Crippen LogP contribution is 2.40. The first-order valence-corrected chi connectivity index (χ1v) is 5.71. The van der Waals surface area contributed by atoms with Gasteiger partial charge < -0.3 is 15.6 Å². The maximum absolute atomic E-state index is 11.1. The lowest BCUT2D eigenvalue weighted by Gasteiger charge is -2.18. The highest BCUT2D eigenvalue weighted by molar-refractivity contribution is 5.79. The summed E-state index contributed by atoms with van der Waals surface area (Å²) in [7, 11) is 1.62. The van der Waals surface area contributed by atoms with Gasteiger partial charge in [-0.15, -0.1) is 0 Å². The van der Waals surface area contributed by atoms with E-state index in [1.54, 1.807) is 7.11 Å². The average Bonchev–Trinajstić information content (AvgIpc) is 2.74. The van der Waals surface area contributed by atoms with Crippen molar-refractivity contribution in [2.24, 2.45) is 5.73 Å². The highest BCUT2D eigenvalue weighted by Gasteiger charge is 2.42. The first-order valence-electron chi connectivity index (χ1n) is 5.71. The van der Waals surface area contributed by atoms with Crippen LogP contribution in [0.1, 0.15) is 30.7 Å². The fraction of sp³-hybridized carbons (Fsp3) is 0.462. The molecule has 0 bridgehead atoms. The fourth-order valence-corrected chi connectivity index (χ4v) is 2.43. The summed E-state index contributed by atoms with van der Waals surface area (Å²) in [5.41, 5.74) is 5.95. The molecule has 1 saturated carbocycles. The molecule has 0 saturated heterocycles. The molecule has 4 heteroatoms. The van der Waals surface area contributed by atoms with Gasteiger partial charge in [-0.3, -0.25) is 4.79 Å². The van der Waals surface area contributed by atoms with Crippen LogP contribution in [0.15, 0.2) is 24.3 Å². The second-order valence-corrected chi connectivity index (χ2v) is 4.67. The summed E-state index contributed by atoms with van der Waals surface area (Å²) in [4.78, 5) is 11.1. The summed E-state index contributed by atoms with van der Waals surface area (Å²) in [5, 5.41) is 9.07. The Morgan fingerprint density at radius 1 is 1.47 bits per heavy atom. The van der Waals surface area contributed by atoms with Crippen molar-refractivity contribution in [1.29, 1.82) is 0 Å². The number of carboxylic acids is 1. The number of carbonyl (C=O) groups is 1. The minimum atomic E-state index is -1.05. The Kier molecular flexibility index (Phi) is 3.07. The zero-order valence-corrected chi connectivity index (χ0v) is 9.85. The van der Waals surface area contributed by atoms with Gasteiger partial charge in [-0.25, -0.2) is 0 Å². The molecule has 1 fully saturated rings. The fourth-order valence-electron chi connectivity index (χ4n) is 2.43. The van der Waals surface area contributed by atoms with Crippen LogP contribution in [0.2, 0.25) is 0 Å². The highest BCUT2D eigenvalue weighted by atomic mass is 16.5. The zero-order chi connectivity index (χ0) is 12.5. The van der Waals surface area contributed by atoms with Crippen molar-refractivity contribution in [3.8, 4) is 5.75 Å². The molecule has 92 valence electrons. The van der Waals surface area contributed by atoms with E-state index in [0.717, 1.165) is 17.7 Å². The van der Waals surface area contributed by atoms with Crippen LogP contribution in [0, 0.1) is 0 Å². The summed E-state index contributed by atoms with van der Waals surface area (Å²) in [5.74, 6) is 0.152. The van der Waals surface area contributed by atoms with Gasteiger partial charge in [-0.05, 0) is 42.9 Å². The van der Waals surface area contributed by atoms with E-state index in [4.69, 9.17) is 15.6 Å². The number of aliphatic carboxylic acids is 1. The first kappa shape index (κ1) is 11.9. The molecule has 0 aliphatic heterocycles. The van der Waals surface area contributed by atoms with Crippen molar-refractivity contribution >= 4 is 5.97 Å². The number of carboxylic acid groups (broad SMARTS) is 1. The SMILES string of the molecule is COc1ccc([C@@H]2CC[C@](N)(C(=O)O)C2)cc1. The van der Waals surface area contributed by atoms with Crippen LogP contribution in [0.5, 0.6) is 5.75 Å². The van der Waals surface area contributed by atoms with Crippen molar-refractivity contribution in [1.82, 2.24) is 0 Å². The number of nitrogens with two attached hydrogens (primary N) is 1. The van der Waals surface area contributed by atoms with Gasteiger partial charge >= 0.3 is 5.97 Å². The molecule has 2 rings (SSSR count). The third-order valence-corrected chi connectivity index (χ3v) is 3.56. The molecule has 2 atom stereocenters. The summed E-state index contributed by atoms with van der Waals surface area (Å²) in [6.45, 7) is 0. The Balaban J connectivity index is 2.12. The van der Waals surface area contributed by atoms with Crippen LogP contribution < -0.4 is 10.5 Å². The van der Waals surface area contributed by atoms with E-state index in [1.807, 2.05) is 24.3 Å². The van der Waals surface area contributed by atoms with Crippen molar-refractivity contribution in [3.63, 3.8) is 0 Å². The molecule has 1 aromatic carbocycles. The Labute approximate surface area is 100 Å². The van der Waals surface area contributed by atoms with Crippen molar-refractivity contribution < 1.29 is 14.6 Å². The van der Waals surface area contributed by atoms with Crippen LogP contribution in [0.4, 0.5) is 0 Å². The molecule has 1 aromatic rings. The summed E-state index contributed by atoms with van der Waals surface area (Å²) >= 11 is 0. The Morgan fingerprint density at radius 3 is 2.59 bits per heavy atom. The van der Waals surface area contributed by atoms with Gasteiger partial charge in [0.1, 0.15) is 11.3 Å². The Morgan fingerprint density at radius 2 is 2.12 bits per heavy atom. The minimum Gasteiger partial charge on any atom is -0.497 e. The zero-order valence-electron chi connectivity index (χ0n) is 9.85. The third-order valence-electron chi connectivity index (χ3n) is 3.56. The van der Waals surface area contributed by atoms with Crippen molar-refractivity contribution in [2.45, 2.75) is 30.7 Å². The lowest BCUT2D eigenvalue weighted by atomic mass is 9.93. The van der Waals surface area contributed by atoms with Gasteiger partial charge in [-0.1, -0.05) is 12.1 Å². The van der Waals surface area contributed by atoms with E-state index in [1.165, 1.54) is 0 Å². The molecular formula is C13H17NO3. The molecule has 3 N–H and O–H groups in total. The predicted molar refractivity (Wildman–Crippen MR) is 64.1 cm³/mol. The largest absolute Gasteiger partial charge is 0.497 e. The van der Waals surface area contributed by atoms with Crippen LogP contribution in [-0.2, 0) is 4.79 Å². The predicted octanol–water partition coefficient (Wildman–Crippen LogP) is 1.74. The van der Waals surface area contributed by atoms with E-state index in [2.05, 4.69) is 0 Å². The molecule has 0 radical (unpaired) electrons. The van der Waals surface area contributed by atoms with E-state index in [9.17, 15) is 4.79 Å². The van der Waals surface area contributed by atoms with Crippen LogP contribution in [-0.4, -0.2) is 23.7 Å². The van der Waals surface area contributed by atoms with E-state index >= 15 is 0 Å². The van der Waals surface area contributed by atoms with Gasteiger partial charge in [0.05, 0.1) is 7.11 Å². The third kappa shape index (κ3) is 2.26. The summed E-state index contributed by atoms with van der Waals surface area (Å²) < 4.78 is 5.09. The molecule has 1 aliphatic carbocycles. The molecule has 0 spiro atoms. The number of benzene rings is 1. The van der Waals surface area contributed by atoms with Crippen molar-refractivity contribution in [2.75, 3.05) is 7.11 Å². The second kappa shape index (κ2) is 4.37. The standard InChI is InChI=1S/C13H17NO3/c1-17-11-4-2-9(3-5-11)10-6-7-13(14,8-10)12(15)16/h2-5,10H,6-8,14H2,1H3,(H,15,16)/t10-,13-/m1/s1. The number of hydrogen-bond acceptors (Lipinski definition) is 3. The Hall–Kier alpha value is -1.55. The smallest absolute Gasteiger partial charge is 0.323 e. The second-order valence-electron chi connectivity index (χ2n) is 4.67. The van der Waals surface area contributed by atoms with Gasteiger partial charge in [0.2, 0.25) is 0 Å². The van der Waals surface area contributed by atoms with E-state index in [0.29, 0.717) is 12.8 Å². The molecule has 17 heavy (non-hydrogen) atoms. The molecule has 0 amide bonds. The Bertz CT molecular complexity index is 415. The monoisotopic (exact) mass is 235 g/mol. The molecule has 0 heterocycles. The summed E-state index contributed by atoms with van der Waals surface area (Å²) in [6.07, 6.45) is 1.88. The van der Waals surface area contributed by atoms with Crippen LogP contribution in [0.3, 0.4) is 0 Å². The lowest BCUT2D eigenvalue weighted by molar-refractivity contribution is -0.143. The first-order chi connectivity index (χ1) is 8.05. The van der Waals surface area contributed by atoms with Gasteiger partial charge in [-0.2, -0.15) is 0 Å². The van der Waals surface area contributed by atoms with Crippen molar-refractivity contribution in [3.05, 3.63) is 29.8 Å². The number of hydrogen-bond donors (Lipinski definition) is 2. The number of methoxy groups -OCH3 is 1. The molecule has 0 unspecified atom stereocenters.